The van der Waals surface area contributed by atoms with Crippen molar-refractivity contribution < 1.29 is 0 Å². The predicted molar refractivity (Wildman–Crippen MR) is 115 cm³/mol. The van der Waals surface area contributed by atoms with E-state index in [0.717, 1.165) is 5.57 Å². The molecular formula is C26H22. The van der Waals surface area contributed by atoms with Crippen molar-refractivity contribution in [3.8, 4) is 0 Å². The Morgan fingerprint density at radius 2 is 1.46 bits per heavy atom. The van der Waals surface area contributed by atoms with Crippen LogP contribution < -0.4 is 0 Å². The second kappa shape index (κ2) is 6.65. The summed E-state index contributed by atoms with van der Waals surface area (Å²) in [6.45, 7) is 8.65. The van der Waals surface area contributed by atoms with Gasteiger partial charge in [0.15, 0.2) is 0 Å². The predicted octanol–water partition coefficient (Wildman–Crippen LogP) is 7.40. The first-order valence-electron chi connectivity index (χ1n) is 9.03. The summed E-state index contributed by atoms with van der Waals surface area (Å²) in [4.78, 5) is 0. The highest BCUT2D eigenvalue weighted by molar-refractivity contribution is 6.11. The number of fused-ring (bicyclic) bond motifs is 3. The topological polar surface area (TPSA) is 0 Å². The Bertz CT molecular complexity index is 1160. The molecule has 0 aliphatic rings. The molecule has 0 spiro atoms. The highest BCUT2D eigenvalue weighted by atomic mass is 14.2. The molecule has 0 nitrogen and oxygen atoms in total. The van der Waals surface area contributed by atoms with E-state index in [1.807, 2.05) is 0 Å². The van der Waals surface area contributed by atoms with Crippen molar-refractivity contribution in [3.05, 3.63) is 108 Å². The number of hydrogen-bond donors (Lipinski definition) is 0. The first-order chi connectivity index (χ1) is 12.7. The summed E-state index contributed by atoms with van der Waals surface area (Å²) in [5.74, 6) is 0. The Morgan fingerprint density at radius 1 is 0.731 bits per heavy atom. The van der Waals surface area contributed by atoms with Gasteiger partial charge in [-0.2, -0.15) is 0 Å². The van der Waals surface area contributed by atoms with E-state index in [9.17, 15) is 0 Å². The highest BCUT2D eigenvalue weighted by Gasteiger charge is 2.12. The zero-order valence-electron chi connectivity index (χ0n) is 15.3. The maximum atomic E-state index is 4.43. The lowest BCUT2D eigenvalue weighted by molar-refractivity contribution is 1.42. The Labute approximate surface area is 155 Å². The van der Waals surface area contributed by atoms with Gasteiger partial charge in [-0.25, -0.2) is 0 Å². The van der Waals surface area contributed by atoms with Crippen LogP contribution in [0.5, 0.6) is 0 Å². The summed E-state index contributed by atoms with van der Waals surface area (Å²) in [6.07, 6.45) is 4.31. The van der Waals surface area contributed by atoms with Crippen molar-refractivity contribution >= 4 is 33.2 Å². The SMILES string of the molecule is C=C(c1ccccc1C)c1ccc2c(ccc3ccccc32)c1C=CC. The first-order valence-corrected chi connectivity index (χ1v) is 9.03. The zero-order chi connectivity index (χ0) is 18.1. The first kappa shape index (κ1) is 16.4. The molecule has 0 saturated heterocycles. The monoisotopic (exact) mass is 334 g/mol. The van der Waals surface area contributed by atoms with Crippen LogP contribution in [0.2, 0.25) is 0 Å². The van der Waals surface area contributed by atoms with E-state index < -0.39 is 0 Å². The van der Waals surface area contributed by atoms with Gasteiger partial charge in [0.1, 0.15) is 0 Å². The molecule has 126 valence electrons. The normalized spacial score (nSPS) is 11.5. The Morgan fingerprint density at radius 3 is 2.27 bits per heavy atom. The van der Waals surface area contributed by atoms with Crippen molar-refractivity contribution in [2.45, 2.75) is 13.8 Å². The van der Waals surface area contributed by atoms with Crippen LogP contribution in [0.15, 0.2) is 85.5 Å². The van der Waals surface area contributed by atoms with E-state index >= 15 is 0 Å². The fraction of sp³-hybridized carbons (Fsp3) is 0.0769. The molecule has 0 aliphatic carbocycles. The molecule has 0 fully saturated rings. The fourth-order valence-electron chi connectivity index (χ4n) is 3.78. The molecule has 4 aromatic rings. The van der Waals surface area contributed by atoms with Gasteiger partial charge in [0.25, 0.3) is 0 Å². The maximum absolute atomic E-state index is 4.43. The second-order valence-corrected chi connectivity index (χ2v) is 6.70. The van der Waals surface area contributed by atoms with Gasteiger partial charge in [-0.3, -0.25) is 0 Å². The standard InChI is InChI=1S/C26H22/c1-4-9-24-22(19(3)21-12-7-5-10-18(21)2)16-17-25-23-13-8-6-11-20(23)14-15-26(24)25/h4-17H,3H2,1-2H3. The lowest BCUT2D eigenvalue weighted by Gasteiger charge is -2.16. The van der Waals surface area contributed by atoms with Crippen LogP contribution in [-0.4, -0.2) is 0 Å². The molecule has 4 rings (SSSR count). The zero-order valence-corrected chi connectivity index (χ0v) is 15.3. The van der Waals surface area contributed by atoms with Crippen molar-refractivity contribution in [1.82, 2.24) is 0 Å². The summed E-state index contributed by atoms with van der Waals surface area (Å²) < 4.78 is 0. The minimum Gasteiger partial charge on any atom is -0.0905 e. The van der Waals surface area contributed by atoms with Gasteiger partial charge in [-0.05, 0) is 63.2 Å². The van der Waals surface area contributed by atoms with Crippen molar-refractivity contribution in [3.63, 3.8) is 0 Å². The Balaban J connectivity index is 2.02. The van der Waals surface area contributed by atoms with E-state index in [-0.39, 0.29) is 0 Å². The third-order valence-corrected chi connectivity index (χ3v) is 5.10. The van der Waals surface area contributed by atoms with Crippen molar-refractivity contribution in [2.75, 3.05) is 0 Å². The summed E-state index contributed by atoms with van der Waals surface area (Å²) in [5.41, 5.74) is 5.97. The lowest BCUT2D eigenvalue weighted by Crippen LogP contribution is -1.94. The number of benzene rings is 4. The average Bonchev–Trinajstić information content (AvgIpc) is 2.68. The summed E-state index contributed by atoms with van der Waals surface area (Å²) >= 11 is 0. The second-order valence-electron chi connectivity index (χ2n) is 6.70. The third-order valence-electron chi connectivity index (χ3n) is 5.10. The quantitative estimate of drug-likeness (QED) is 0.342. The van der Waals surface area contributed by atoms with E-state index in [0.29, 0.717) is 0 Å². The van der Waals surface area contributed by atoms with Crippen LogP contribution in [0.25, 0.3) is 33.2 Å². The Kier molecular flexibility index (Phi) is 4.18. The van der Waals surface area contributed by atoms with Crippen molar-refractivity contribution in [1.29, 1.82) is 0 Å². The van der Waals surface area contributed by atoms with E-state index in [2.05, 4.69) is 105 Å². The van der Waals surface area contributed by atoms with Crippen LogP contribution >= 0.6 is 0 Å². The number of hydrogen-bond acceptors (Lipinski definition) is 0. The van der Waals surface area contributed by atoms with Gasteiger partial charge in [-0.15, -0.1) is 0 Å². The molecule has 0 bridgehead atoms. The summed E-state index contributed by atoms with van der Waals surface area (Å²) in [7, 11) is 0. The molecule has 0 N–H and O–H groups in total. The molecule has 0 radical (unpaired) electrons. The van der Waals surface area contributed by atoms with E-state index in [4.69, 9.17) is 0 Å². The maximum Gasteiger partial charge on any atom is -0.00989 e. The van der Waals surface area contributed by atoms with Gasteiger partial charge in [0.05, 0.1) is 0 Å². The smallest absolute Gasteiger partial charge is 0.00989 e. The van der Waals surface area contributed by atoms with Crippen LogP contribution in [-0.2, 0) is 0 Å². The molecule has 0 unspecified atom stereocenters. The average molecular weight is 334 g/mol. The molecule has 0 saturated carbocycles. The fourth-order valence-corrected chi connectivity index (χ4v) is 3.78. The van der Waals surface area contributed by atoms with E-state index in [1.54, 1.807) is 0 Å². The highest BCUT2D eigenvalue weighted by Crippen LogP contribution is 2.35. The number of allylic oxidation sites excluding steroid dienone is 1. The molecule has 0 atom stereocenters. The summed E-state index contributed by atoms with van der Waals surface area (Å²) in [5, 5.41) is 5.13. The molecule has 0 amide bonds. The summed E-state index contributed by atoms with van der Waals surface area (Å²) in [6, 6.07) is 25.9. The lowest BCUT2D eigenvalue weighted by atomic mass is 9.88. The van der Waals surface area contributed by atoms with Crippen LogP contribution in [0, 0.1) is 6.92 Å². The number of rotatable bonds is 3. The molecule has 0 aromatic heterocycles. The van der Waals surface area contributed by atoms with Gasteiger partial charge in [0.2, 0.25) is 0 Å². The molecular weight excluding hydrogens is 312 g/mol. The molecule has 26 heavy (non-hydrogen) atoms. The van der Waals surface area contributed by atoms with Crippen LogP contribution in [0.4, 0.5) is 0 Å². The molecule has 0 heterocycles. The van der Waals surface area contributed by atoms with Crippen LogP contribution in [0.3, 0.4) is 0 Å². The molecule has 0 aliphatic heterocycles. The van der Waals surface area contributed by atoms with Crippen molar-refractivity contribution in [2.24, 2.45) is 0 Å². The van der Waals surface area contributed by atoms with Gasteiger partial charge in [-0.1, -0.05) is 91.5 Å². The van der Waals surface area contributed by atoms with E-state index in [1.165, 1.54) is 43.8 Å². The van der Waals surface area contributed by atoms with Gasteiger partial charge < -0.3 is 0 Å². The number of aryl methyl sites for hydroxylation is 1. The minimum absolute atomic E-state index is 1.08. The van der Waals surface area contributed by atoms with Gasteiger partial charge in [0, 0.05) is 0 Å². The van der Waals surface area contributed by atoms with Crippen LogP contribution in [0.1, 0.15) is 29.2 Å². The largest absolute Gasteiger partial charge is 0.0905 e. The third kappa shape index (κ3) is 2.64. The molecule has 4 aromatic carbocycles. The molecule has 0 heteroatoms. The minimum atomic E-state index is 1.08. The Hall–Kier alpha value is -3.12. The van der Waals surface area contributed by atoms with Gasteiger partial charge >= 0.3 is 0 Å².